The molecular formula is C60H78BN2SSi. The van der Waals surface area contributed by atoms with Crippen molar-refractivity contribution in [1.29, 1.82) is 0 Å². The van der Waals surface area contributed by atoms with Crippen LogP contribution in [0.25, 0.3) is 10.1 Å². The van der Waals surface area contributed by atoms with Gasteiger partial charge in [0, 0.05) is 43.7 Å². The molecule has 2 aromatic rings. The minimum atomic E-state index is -0.712. The molecule has 0 bridgehead atoms. The van der Waals surface area contributed by atoms with Crippen molar-refractivity contribution in [2.45, 2.75) is 126 Å². The van der Waals surface area contributed by atoms with E-state index in [1.54, 1.807) is 0 Å². The Morgan fingerprint density at radius 3 is 2.11 bits per heavy atom. The number of thiophene rings is 1. The van der Waals surface area contributed by atoms with Gasteiger partial charge in [0.25, 0.3) is 6.71 Å². The number of fused-ring (bicyclic) bond motifs is 6. The summed E-state index contributed by atoms with van der Waals surface area (Å²) in [5.41, 5.74) is 17.3. The van der Waals surface area contributed by atoms with Crippen molar-refractivity contribution in [2.24, 2.45) is 17.3 Å². The summed E-state index contributed by atoms with van der Waals surface area (Å²) in [6, 6.07) is 5.11. The zero-order chi connectivity index (χ0) is 48.3. The third-order valence-corrected chi connectivity index (χ3v) is 15.7. The molecule has 3 aliphatic rings. The molecule has 1 aromatic heterocycles. The third-order valence-electron chi connectivity index (χ3n) is 13.6. The van der Waals surface area contributed by atoms with E-state index in [0.29, 0.717) is 11.8 Å². The quantitative estimate of drug-likeness (QED) is 0.115. The van der Waals surface area contributed by atoms with Gasteiger partial charge in [-0.25, -0.2) is 0 Å². The Balaban J connectivity index is 2.04. The fourth-order valence-corrected chi connectivity index (χ4v) is 10.8. The number of hydrogen-bond acceptors (Lipinski definition) is 3. The lowest BCUT2D eigenvalue weighted by molar-refractivity contribution is 0.332. The molecule has 0 spiro atoms. The molecule has 65 heavy (non-hydrogen) atoms. The van der Waals surface area contributed by atoms with Crippen LogP contribution < -0.4 is 9.68 Å². The Kier molecular flexibility index (Phi) is 16.0. The van der Waals surface area contributed by atoms with E-state index >= 15 is 0 Å². The van der Waals surface area contributed by atoms with Crippen molar-refractivity contribution in [3.63, 3.8) is 0 Å². The molecule has 0 saturated carbocycles. The molecule has 3 heterocycles. The second kappa shape index (κ2) is 20.4. The molecule has 5 rings (SSSR count). The monoisotopic (exact) mass is 898 g/mol. The van der Waals surface area contributed by atoms with Crippen LogP contribution in [0.5, 0.6) is 0 Å². The van der Waals surface area contributed by atoms with Gasteiger partial charge in [-0.3, -0.25) is 0 Å². The number of hydrogen-bond donors (Lipinski definition) is 0. The van der Waals surface area contributed by atoms with E-state index < -0.39 is 8.80 Å². The van der Waals surface area contributed by atoms with E-state index in [0.717, 1.165) is 57.9 Å². The smallest absolute Gasteiger partial charge is 0.256 e. The highest BCUT2D eigenvalue weighted by Crippen LogP contribution is 2.52. The van der Waals surface area contributed by atoms with Crippen molar-refractivity contribution in [3.05, 3.63) is 204 Å². The van der Waals surface area contributed by atoms with Crippen LogP contribution in [0.1, 0.15) is 113 Å². The summed E-state index contributed by atoms with van der Waals surface area (Å²) >= 11 is 1.94. The third kappa shape index (κ3) is 10.7. The van der Waals surface area contributed by atoms with Gasteiger partial charge in [-0.05, 0) is 125 Å². The molecule has 0 fully saturated rings. The molecule has 2 aliphatic heterocycles. The first-order chi connectivity index (χ1) is 30.5. The number of allylic oxidation sites excluding steroid dienone is 17. The van der Waals surface area contributed by atoms with Crippen LogP contribution in [0, 0.1) is 17.3 Å². The summed E-state index contributed by atoms with van der Waals surface area (Å²) in [6.45, 7) is 58.8. The standard InChI is InChI=1S/C60H78BN2SSi/c1-21-26-44(22-2)48(29-32-65(19)20)53(24-4)62-39-52-54(34-41(8)9)63(46(23-3)35-45(33-40(6)7)58(13,14)25-5)56-49-36-50-51(60(17,18)31-30-59(50,15)16)37-55(49)64-57(56)61(52)38-47(62)28-27-43(12)42(10)11/h21-24,26-29,32-40,42H,1-4,8,12,25,30-31H2,5-7,9-11,13-20H3/b28-27-,32-29+,44-26+,45-33-,46-35+,53-48-,54-34+. The minimum absolute atomic E-state index is 0.0492. The lowest BCUT2D eigenvalue weighted by Crippen LogP contribution is -2.46. The summed E-state index contributed by atoms with van der Waals surface area (Å²) in [5.74, 6) is 3.15. The van der Waals surface area contributed by atoms with Crippen LogP contribution in [0.2, 0.25) is 13.1 Å². The van der Waals surface area contributed by atoms with E-state index in [1.165, 1.54) is 49.1 Å². The molecule has 1 aromatic carbocycles. The lowest BCUT2D eigenvalue weighted by atomic mass is 9.39. The van der Waals surface area contributed by atoms with Crippen LogP contribution in [0.4, 0.5) is 5.69 Å². The molecule has 5 heteroatoms. The number of benzene rings is 1. The van der Waals surface area contributed by atoms with E-state index in [1.807, 2.05) is 35.6 Å². The van der Waals surface area contributed by atoms with Crippen LogP contribution in [0.15, 0.2) is 192 Å². The van der Waals surface area contributed by atoms with Gasteiger partial charge in [0.1, 0.15) is 0 Å². The Hall–Kier alpha value is -4.84. The molecule has 0 N–H and O–H groups in total. The van der Waals surface area contributed by atoms with E-state index in [-0.39, 0.29) is 23.0 Å². The Morgan fingerprint density at radius 2 is 1.58 bits per heavy atom. The maximum Gasteiger partial charge on any atom is 0.256 e. The normalized spacial score (nSPS) is 18.9. The largest absolute Gasteiger partial charge is 0.318 e. The van der Waals surface area contributed by atoms with Gasteiger partial charge < -0.3 is 9.80 Å². The molecule has 1 radical (unpaired) electrons. The summed E-state index contributed by atoms with van der Waals surface area (Å²) in [6.07, 6.45) is 29.4. The van der Waals surface area contributed by atoms with Gasteiger partial charge in [-0.15, -0.1) is 11.3 Å². The topological polar surface area (TPSA) is 6.48 Å². The van der Waals surface area contributed by atoms with E-state index in [2.05, 4.69) is 218 Å². The molecule has 2 nitrogen and oxygen atoms in total. The number of rotatable bonds is 17. The molecule has 0 amide bonds. The van der Waals surface area contributed by atoms with Crippen LogP contribution in [-0.2, 0) is 10.8 Å². The summed E-state index contributed by atoms with van der Waals surface area (Å²) < 4.78 is 2.64. The van der Waals surface area contributed by atoms with Gasteiger partial charge in [-0.2, -0.15) is 0 Å². The molecule has 1 aliphatic carbocycles. The number of nitrogens with zero attached hydrogens (tertiary/aromatic N) is 2. The van der Waals surface area contributed by atoms with Crippen molar-refractivity contribution >= 4 is 47.4 Å². The SMILES string of the molecule is C=C/C=C(C=C)/C(/C=C/[Si](C)C)=C(/C=C)N1C=C2B(C=C1/C=C\C(=C)C(C)C)c1sc3cc4c(cc3c1N(/C(C=C)=C/C(=C/C(C)C)C(C)(C)CC)/C2=C/C(=C)C)C(C)(C)CCC4(C)C. The molecule has 0 saturated heterocycles. The van der Waals surface area contributed by atoms with Gasteiger partial charge in [0.15, 0.2) is 0 Å². The van der Waals surface area contributed by atoms with E-state index in [9.17, 15) is 0 Å². The highest BCUT2D eigenvalue weighted by molar-refractivity contribution is 7.31. The predicted octanol–water partition coefficient (Wildman–Crippen LogP) is 16.8. The zero-order valence-corrected chi connectivity index (χ0v) is 44.5. The van der Waals surface area contributed by atoms with Crippen LogP contribution in [-0.4, -0.2) is 20.4 Å². The first kappa shape index (κ1) is 51.2. The van der Waals surface area contributed by atoms with Gasteiger partial charge in [0.2, 0.25) is 0 Å². The average molecular weight is 898 g/mol. The second-order valence-corrected chi connectivity index (χ2v) is 24.7. The molecule has 341 valence electrons. The predicted molar refractivity (Wildman–Crippen MR) is 297 cm³/mol. The second-order valence-electron chi connectivity index (χ2n) is 21.1. The van der Waals surface area contributed by atoms with Crippen LogP contribution >= 0.6 is 11.3 Å². The highest BCUT2D eigenvalue weighted by Gasteiger charge is 2.44. The Morgan fingerprint density at radius 1 is 0.938 bits per heavy atom. The Labute approximate surface area is 402 Å². The van der Waals surface area contributed by atoms with Gasteiger partial charge in [0.05, 0.1) is 20.2 Å². The zero-order valence-electron chi connectivity index (χ0n) is 42.6. The van der Waals surface area contributed by atoms with Crippen molar-refractivity contribution in [1.82, 2.24) is 4.90 Å². The maximum atomic E-state index is 4.58. The van der Waals surface area contributed by atoms with E-state index in [4.69, 9.17) is 0 Å². The maximum absolute atomic E-state index is 4.58. The molecule has 0 unspecified atom stereocenters. The fraction of sp³-hybridized carbons (Fsp3) is 0.367. The molecular weight excluding hydrogens is 820 g/mol. The van der Waals surface area contributed by atoms with Crippen molar-refractivity contribution < 1.29 is 0 Å². The summed E-state index contributed by atoms with van der Waals surface area (Å²) in [5, 5.41) is 1.29. The molecule has 0 atom stereocenters. The average Bonchev–Trinajstić information content (AvgIpc) is 3.61. The number of anilines is 1. The Bertz CT molecular complexity index is 2560. The van der Waals surface area contributed by atoms with Crippen molar-refractivity contribution in [2.75, 3.05) is 4.90 Å². The summed E-state index contributed by atoms with van der Waals surface area (Å²) in [7, 11) is -0.712. The van der Waals surface area contributed by atoms with Crippen LogP contribution in [0.3, 0.4) is 0 Å². The minimum Gasteiger partial charge on any atom is -0.318 e. The van der Waals surface area contributed by atoms with Crippen molar-refractivity contribution in [3.8, 4) is 0 Å². The van der Waals surface area contributed by atoms with Gasteiger partial charge in [-0.1, -0.05) is 188 Å². The first-order valence-electron chi connectivity index (χ1n) is 23.7. The highest BCUT2D eigenvalue weighted by atomic mass is 32.1. The van der Waals surface area contributed by atoms with Gasteiger partial charge >= 0.3 is 0 Å². The first-order valence-corrected chi connectivity index (χ1v) is 27.1. The summed E-state index contributed by atoms with van der Waals surface area (Å²) in [4.78, 5) is 4.85. The lowest BCUT2D eigenvalue weighted by Gasteiger charge is -2.43. The fourth-order valence-electron chi connectivity index (χ4n) is 9.03.